The Morgan fingerprint density at radius 2 is 1.75 bits per heavy atom. The summed E-state index contributed by atoms with van der Waals surface area (Å²) < 4.78 is 0. The van der Waals surface area contributed by atoms with E-state index in [-0.39, 0.29) is 17.9 Å². The summed E-state index contributed by atoms with van der Waals surface area (Å²) in [6.07, 6.45) is 3.45. The number of piperidine rings is 2. The number of carbonyl (C=O) groups is 2. The van der Waals surface area contributed by atoms with Crippen LogP contribution in [0.15, 0.2) is 30.3 Å². The molecule has 130 valence electrons. The summed E-state index contributed by atoms with van der Waals surface area (Å²) in [6, 6.07) is 9.53. The number of benzene rings is 1. The molecule has 0 saturated carbocycles. The molecule has 2 heterocycles. The van der Waals surface area contributed by atoms with Crippen molar-refractivity contribution < 1.29 is 9.59 Å². The van der Waals surface area contributed by atoms with Crippen molar-refractivity contribution in [3.63, 3.8) is 0 Å². The van der Waals surface area contributed by atoms with Gasteiger partial charge in [-0.15, -0.1) is 0 Å². The number of hydrogen-bond acceptors (Lipinski definition) is 3. The van der Waals surface area contributed by atoms with Crippen LogP contribution in [0.25, 0.3) is 0 Å². The molecule has 0 spiro atoms. The van der Waals surface area contributed by atoms with Crippen LogP contribution < -0.4 is 5.73 Å². The summed E-state index contributed by atoms with van der Waals surface area (Å²) in [7, 11) is 0. The van der Waals surface area contributed by atoms with Gasteiger partial charge >= 0.3 is 0 Å². The standard InChI is InChI=1S/C19H27N3O2/c1-19(18(24)21-12-8-16(20)9-13-21)10-5-11-22(14-19)17(23)15-6-3-2-4-7-15/h2-4,6-7,16H,5,8-14,20H2,1H3. The molecule has 0 aromatic heterocycles. The first-order chi connectivity index (χ1) is 11.5. The first kappa shape index (κ1) is 17.0. The molecule has 5 heteroatoms. The van der Waals surface area contributed by atoms with Crippen molar-refractivity contribution in [2.24, 2.45) is 11.1 Å². The van der Waals surface area contributed by atoms with Crippen molar-refractivity contribution in [3.8, 4) is 0 Å². The Labute approximate surface area is 143 Å². The van der Waals surface area contributed by atoms with E-state index in [0.717, 1.165) is 45.3 Å². The third-order valence-electron chi connectivity index (χ3n) is 5.35. The van der Waals surface area contributed by atoms with Crippen molar-refractivity contribution in [1.82, 2.24) is 9.80 Å². The Balaban J connectivity index is 1.69. The van der Waals surface area contributed by atoms with E-state index in [9.17, 15) is 9.59 Å². The molecule has 0 radical (unpaired) electrons. The van der Waals surface area contributed by atoms with Crippen LogP contribution in [0.1, 0.15) is 43.0 Å². The number of carbonyl (C=O) groups excluding carboxylic acids is 2. The van der Waals surface area contributed by atoms with E-state index in [0.29, 0.717) is 12.1 Å². The van der Waals surface area contributed by atoms with Crippen LogP contribution in [0.3, 0.4) is 0 Å². The summed E-state index contributed by atoms with van der Waals surface area (Å²) in [5.41, 5.74) is 6.15. The monoisotopic (exact) mass is 329 g/mol. The van der Waals surface area contributed by atoms with Gasteiger partial charge in [-0.2, -0.15) is 0 Å². The van der Waals surface area contributed by atoms with Crippen molar-refractivity contribution in [2.75, 3.05) is 26.2 Å². The van der Waals surface area contributed by atoms with Crippen LogP contribution in [0.2, 0.25) is 0 Å². The Kier molecular flexibility index (Phi) is 4.90. The van der Waals surface area contributed by atoms with Crippen molar-refractivity contribution >= 4 is 11.8 Å². The number of nitrogens with zero attached hydrogens (tertiary/aromatic N) is 2. The molecule has 2 amide bonds. The van der Waals surface area contributed by atoms with E-state index in [2.05, 4.69) is 0 Å². The SMILES string of the molecule is CC1(C(=O)N2CCC(N)CC2)CCCN(C(=O)c2ccccc2)C1. The first-order valence-electron chi connectivity index (χ1n) is 8.89. The van der Waals surface area contributed by atoms with Gasteiger partial charge in [-0.05, 0) is 44.7 Å². The minimum Gasteiger partial charge on any atom is -0.342 e. The number of likely N-dealkylation sites (tertiary alicyclic amines) is 2. The van der Waals surface area contributed by atoms with E-state index >= 15 is 0 Å². The predicted molar refractivity (Wildman–Crippen MR) is 93.5 cm³/mol. The minimum atomic E-state index is -0.482. The summed E-state index contributed by atoms with van der Waals surface area (Å²) in [6.45, 7) is 4.71. The van der Waals surface area contributed by atoms with Gasteiger partial charge in [-0.1, -0.05) is 18.2 Å². The zero-order chi connectivity index (χ0) is 17.2. The fourth-order valence-electron chi connectivity index (χ4n) is 3.83. The summed E-state index contributed by atoms with van der Waals surface area (Å²) in [5, 5.41) is 0. The molecule has 2 N–H and O–H groups in total. The lowest BCUT2D eigenvalue weighted by Crippen LogP contribution is -2.55. The largest absolute Gasteiger partial charge is 0.342 e. The molecule has 1 unspecified atom stereocenters. The van der Waals surface area contributed by atoms with Gasteiger partial charge in [0.15, 0.2) is 0 Å². The lowest BCUT2D eigenvalue weighted by atomic mass is 9.79. The first-order valence-corrected chi connectivity index (χ1v) is 8.89. The fraction of sp³-hybridized carbons (Fsp3) is 0.579. The number of rotatable bonds is 2. The lowest BCUT2D eigenvalue weighted by molar-refractivity contribution is -0.144. The average Bonchev–Trinajstić information content (AvgIpc) is 2.62. The van der Waals surface area contributed by atoms with Crippen molar-refractivity contribution in [1.29, 1.82) is 0 Å². The van der Waals surface area contributed by atoms with Gasteiger partial charge in [0.25, 0.3) is 5.91 Å². The molecule has 2 aliphatic heterocycles. The highest BCUT2D eigenvalue weighted by Crippen LogP contribution is 2.33. The number of hydrogen-bond donors (Lipinski definition) is 1. The summed E-state index contributed by atoms with van der Waals surface area (Å²) >= 11 is 0. The molecule has 0 aliphatic carbocycles. The summed E-state index contributed by atoms with van der Waals surface area (Å²) in [5.74, 6) is 0.204. The maximum atomic E-state index is 13.0. The molecule has 2 aliphatic rings. The van der Waals surface area contributed by atoms with E-state index in [1.54, 1.807) is 0 Å². The molecule has 1 aromatic carbocycles. The third kappa shape index (κ3) is 3.46. The average molecular weight is 329 g/mol. The van der Waals surface area contributed by atoms with Crippen LogP contribution >= 0.6 is 0 Å². The second kappa shape index (κ2) is 6.93. The van der Waals surface area contributed by atoms with Crippen molar-refractivity contribution in [2.45, 2.75) is 38.6 Å². The molecule has 0 bridgehead atoms. The molecule has 5 nitrogen and oxygen atoms in total. The van der Waals surface area contributed by atoms with Crippen molar-refractivity contribution in [3.05, 3.63) is 35.9 Å². The Morgan fingerprint density at radius 1 is 1.08 bits per heavy atom. The van der Waals surface area contributed by atoms with Crippen LogP contribution in [-0.4, -0.2) is 53.8 Å². The van der Waals surface area contributed by atoms with Crippen LogP contribution in [-0.2, 0) is 4.79 Å². The van der Waals surface area contributed by atoms with Crippen LogP contribution in [0, 0.1) is 5.41 Å². The Bertz CT molecular complexity index is 596. The van der Waals surface area contributed by atoms with Gasteiger partial charge < -0.3 is 15.5 Å². The highest BCUT2D eigenvalue weighted by atomic mass is 16.2. The van der Waals surface area contributed by atoms with Gasteiger partial charge in [-0.25, -0.2) is 0 Å². The smallest absolute Gasteiger partial charge is 0.253 e. The molecular weight excluding hydrogens is 302 g/mol. The Hall–Kier alpha value is -1.88. The van der Waals surface area contributed by atoms with Gasteiger partial charge in [0.1, 0.15) is 0 Å². The molecular formula is C19H27N3O2. The van der Waals surface area contributed by atoms with E-state index < -0.39 is 5.41 Å². The minimum absolute atomic E-state index is 0.0231. The van der Waals surface area contributed by atoms with Crippen LogP contribution in [0.5, 0.6) is 0 Å². The fourth-order valence-corrected chi connectivity index (χ4v) is 3.83. The van der Waals surface area contributed by atoms with Crippen LogP contribution in [0.4, 0.5) is 0 Å². The van der Waals surface area contributed by atoms with Gasteiger partial charge in [0.2, 0.25) is 5.91 Å². The highest BCUT2D eigenvalue weighted by molar-refractivity contribution is 5.95. The third-order valence-corrected chi connectivity index (χ3v) is 5.35. The second-order valence-electron chi connectivity index (χ2n) is 7.39. The zero-order valence-corrected chi connectivity index (χ0v) is 14.4. The second-order valence-corrected chi connectivity index (χ2v) is 7.39. The molecule has 24 heavy (non-hydrogen) atoms. The van der Waals surface area contributed by atoms with Gasteiger partial charge in [-0.3, -0.25) is 9.59 Å². The zero-order valence-electron chi connectivity index (χ0n) is 14.4. The Morgan fingerprint density at radius 3 is 2.42 bits per heavy atom. The van der Waals surface area contributed by atoms with E-state index in [1.165, 1.54) is 0 Å². The topological polar surface area (TPSA) is 66.6 Å². The molecule has 2 fully saturated rings. The molecule has 3 rings (SSSR count). The predicted octanol–water partition coefficient (Wildman–Crippen LogP) is 1.88. The highest BCUT2D eigenvalue weighted by Gasteiger charge is 2.42. The lowest BCUT2D eigenvalue weighted by Gasteiger charge is -2.43. The van der Waals surface area contributed by atoms with Gasteiger partial charge in [0.05, 0.1) is 5.41 Å². The number of nitrogens with two attached hydrogens (primary N) is 1. The number of amides is 2. The summed E-state index contributed by atoms with van der Waals surface area (Å²) in [4.78, 5) is 29.5. The maximum absolute atomic E-state index is 13.0. The molecule has 2 saturated heterocycles. The van der Waals surface area contributed by atoms with E-state index in [4.69, 9.17) is 5.73 Å². The van der Waals surface area contributed by atoms with E-state index in [1.807, 2.05) is 47.1 Å². The normalized spacial score (nSPS) is 25.6. The van der Waals surface area contributed by atoms with Gasteiger partial charge in [0, 0.05) is 37.8 Å². The quantitative estimate of drug-likeness (QED) is 0.901. The maximum Gasteiger partial charge on any atom is 0.253 e. The molecule has 1 aromatic rings. The molecule has 1 atom stereocenters.